The summed E-state index contributed by atoms with van der Waals surface area (Å²) in [5.41, 5.74) is 6.72. The molecule has 0 heterocycles. The molecule has 80 valence electrons. The Morgan fingerprint density at radius 2 is 1.86 bits per heavy atom. The van der Waals surface area contributed by atoms with E-state index in [9.17, 15) is 0 Å². The van der Waals surface area contributed by atoms with Crippen LogP contribution in [-0.2, 0) is 11.3 Å². The number of halogens is 1. The van der Waals surface area contributed by atoms with Gasteiger partial charge >= 0.3 is 1.43 Å². The minimum absolute atomic E-state index is 0. The van der Waals surface area contributed by atoms with Gasteiger partial charge in [0.05, 0.1) is 13.2 Å². The molecule has 0 amide bonds. The summed E-state index contributed by atoms with van der Waals surface area (Å²) in [6, 6.07) is 10.1. The molecule has 0 bridgehead atoms. The Kier molecular flexibility index (Phi) is 5.77. The van der Waals surface area contributed by atoms with Crippen molar-refractivity contribution in [2.45, 2.75) is 26.0 Å². The standard InChI is InChI=1S/C11H17NO.ClH/c1-11(2,12)9-13-8-10-6-4-3-5-7-10;/h3-7H,8-9,12H2,1-2H3;1H. The highest BCUT2D eigenvalue weighted by molar-refractivity contribution is 5.13. The predicted molar refractivity (Wildman–Crippen MR) is 55.5 cm³/mol. The molecular weight excluding hydrogens is 198 g/mol. The molecule has 3 heteroatoms. The van der Waals surface area contributed by atoms with Crippen LogP contribution in [0.3, 0.4) is 0 Å². The number of ether oxygens (including phenoxy) is 1. The van der Waals surface area contributed by atoms with Crippen LogP contribution in [0.4, 0.5) is 0 Å². The molecule has 0 aliphatic carbocycles. The lowest BCUT2D eigenvalue weighted by molar-refractivity contribution is -0.00000345. The lowest BCUT2D eigenvalue weighted by Gasteiger charge is -2.18. The molecule has 0 aliphatic heterocycles. The molecule has 2 N–H and O–H groups in total. The fraction of sp³-hybridized carbons (Fsp3) is 0.455. The Hall–Kier alpha value is -0.570. The Labute approximate surface area is 93.3 Å². The smallest absolute Gasteiger partial charge is 1.00 e. The van der Waals surface area contributed by atoms with Gasteiger partial charge in [-0.05, 0) is 19.4 Å². The third kappa shape index (κ3) is 5.97. The van der Waals surface area contributed by atoms with Crippen LogP contribution in [0.1, 0.15) is 20.8 Å². The lowest BCUT2D eigenvalue weighted by Crippen LogP contribution is -3.00. The van der Waals surface area contributed by atoms with Gasteiger partial charge in [0.2, 0.25) is 0 Å². The molecule has 2 nitrogen and oxygen atoms in total. The molecule has 0 spiro atoms. The van der Waals surface area contributed by atoms with Gasteiger partial charge in [-0.15, -0.1) is 0 Å². The first-order valence-electron chi connectivity index (χ1n) is 4.48. The Bertz CT molecular complexity index is 249. The summed E-state index contributed by atoms with van der Waals surface area (Å²) < 4.78 is 5.46. The number of benzene rings is 1. The maximum absolute atomic E-state index is 5.77. The summed E-state index contributed by atoms with van der Waals surface area (Å²) in [6.45, 7) is 5.14. The molecule has 0 saturated heterocycles. The first kappa shape index (κ1) is 13.4. The van der Waals surface area contributed by atoms with Crippen molar-refractivity contribution in [3.8, 4) is 0 Å². The van der Waals surface area contributed by atoms with E-state index in [0.717, 1.165) is 0 Å². The van der Waals surface area contributed by atoms with Crippen LogP contribution in [0.2, 0.25) is 0 Å². The van der Waals surface area contributed by atoms with E-state index in [1.165, 1.54) is 5.56 Å². The topological polar surface area (TPSA) is 35.2 Å². The minimum Gasteiger partial charge on any atom is -1.00 e. The van der Waals surface area contributed by atoms with E-state index in [-0.39, 0.29) is 19.4 Å². The van der Waals surface area contributed by atoms with Crippen molar-refractivity contribution in [1.82, 2.24) is 0 Å². The number of rotatable bonds is 4. The molecule has 1 aromatic carbocycles. The summed E-state index contributed by atoms with van der Waals surface area (Å²) in [4.78, 5) is 0. The quantitative estimate of drug-likeness (QED) is 0.704. The van der Waals surface area contributed by atoms with E-state index >= 15 is 0 Å². The maximum Gasteiger partial charge on any atom is 1.00 e. The normalized spacial score (nSPS) is 10.8. The second-order valence-corrected chi connectivity index (χ2v) is 3.97. The molecule has 0 fully saturated rings. The second kappa shape index (κ2) is 6.02. The third-order valence-corrected chi connectivity index (χ3v) is 1.59. The zero-order valence-electron chi connectivity index (χ0n) is 9.66. The number of nitrogens with two attached hydrogens (primary N) is 1. The molecule has 0 aliphatic rings. The average molecular weight is 216 g/mol. The van der Waals surface area contributed by atoms with Crippen molar-refractivity contribution in [3.63, 3.8) is 0 Å². The van der Waals surface area contributed by atoms with Gasteiger partial charge in [0.25, 0.3) is 0 Å². The summed E-state index contributed by atoms with van der Waals surface area (Å²) in [6.07, 6.45) is 0. The highest BCUT2D eigenvalue weighted by Crippen LogP contribution is 2.03. The average Bonchev–Trinajstić information content (AvgIpc) is 2.04. The van der Waals surface area contributed by atoms with Crippen molar-refractivity contribution in [1.29, 1.82) is 0 Å². The fourth-order valence-corrected chi connectivity index (χ4v) is 1.01. The zero-order valence-corrected chi connectivity index (χ0v) is 9.42. The molecule has 0 unspecified atom stereocenters. The van der Waals surface area contributed by atoms with E-state index in [2.05, 4.69) is 0 Å². The Morgan fingerprint density at radius 1 is 1.29 bits per heavy atom. The number of hydrogen-bond acceptors (Lipinski definition) is 2. The SMILES string of the molecule is CC(C)(N)COCc1ccccc1.[Cl-].[H+]. The van der Waals surface area contributed by atoms with Gasteiger partial charge in [0.15, 0.2) is 0 Å². The Morgan fingerprint density at radius 3 is 2.36 bits per heavy atom. The van der Waals surface area contributed by atoms with E-state index < -0.39 is 0 Å². The van der Waals surface area contributed by atoms with Crippen molar-refractivity contribution < 1.29 is 18.6 Å². The van der Waals surface area contributed by atoms with Gasteiger partial charge in [-0.25, -0.2) is 0 Å². The molecule has 1 rings (SSSR count). The van der Waals surface area contributed by atoms with Crippen LogP contribution in [-0.4, -0.2) is 12.1 Å². The first-order chi connectivity index (χ1) is 6.08. The molecule has 0 atom stereocenters. The third-order valence-electron chi connectivity index (χ3n) is 1.59. The van der Waals surface area contributed by atoms with Crippen molar-refractivity contribution in [2.75, 3.05) is 6.61 Å². The summed E-state index contributed by atoms with van der Waals surface area (Å²) in [5.74, 6) is 0. The maximum atomic E-state index is 5.77. The van der Waals surface area contributed by atoms with E-state index in [0.29, 0.717) is 13.2 Å². The second-order valence-electron chi connectivity index (χ2n) is 3.97. The van der Waals surface area contributed by atoms with Gasteiger partial charge in [0.1, 0.15) is 0 Å². The van der Waals surface area contributed by atoms with E-state index in [1.807, 2.05) is 44.2 Å². The molecular formula is C11H18ClNO. The van der Waals surface area contributed by atoms with Gasteiger partial charge in [0, 0.05) is 5.54 Å². The molecule has 0 aromatic heterocycles. The van der Waals surface area contributed by atoms with Crippen molar-refractivity contribution in [2.24, 2.45) is 5.73 Å². The van der Waals surface area contributed by atoms with Crippen LogP contribution < -0.4 is 18.1 Å². The van der Waals surface area contributed by atoms with Crippen LogP contribution in [0.25, 0.3) is 0 Å². The zero-order chi connectivity index (χ0) is 9.73. The van der Waals surface area contributed by atoms with Gasteiger partial charge < -0.3 is 22.9 Å². The minimum atomic E-state index is -0.241. The number of hydrogen-bond donors (Lipinski definition) is 1. The lowest BCUT2D eigenvalue weighted by atomic mass is 10.1. The van der Waals surface area contributed by atoms with Crippen LogP contribution in [0, 0.1) is 0 Å². The van der Waals surface area contributed by atoms with Crippen LogP contribution in [0.5, 0.6) is 0 Å². The van der Waals surface area contributed by atoms with Crippen molar-refractivity contribution in [3.05, 3.63) is 35.9 Å². The highest BCUT2D eigenvalue weighted by Gasteiger charge is 2.09. The van der Waals surface area contributed by atoms with Gasteiger partial charge in [-0.3, -0.25) is 0 Å². The van der Waals surface area contributed by atoms with Crippen molar-refractivity contribution >= 4 is 0 Å². The van der Waals surface area contributed by atoms with Crippen LogP contribution in [0.15, 0.2) is 30.3 Å². The monoisotopic (exact) mass is 215 g/mol. The van der Waals surface area contributed by atoms with E-state index in [4.69, 9.17) is 10.5 Å². The highest BCUT2D eigenvalue weighted by atomic mass is 35.5. The molecule has 0 saturated carbocycles. The van der Waals surface area contributed by atoms with Crippen LogP contribution >= 0.6 is 0 Å². The first-order valence-corrected chi connectivity index (χ1v) is 4.48. The molecule has 0 radical (unpaired) electrons. The summed E-state index contributed by atoms with van der Waals surface area (Å²) in [7, 11) is 0. The van der Waals surface area contributed by atoms with Gasteiger partial charge in [-0.2, -0.15) is 0 Å². The summed E-state index contributed by atoms with van der Waals surface area (Å²) in [5, 5.41) is 0. The molecule has 1 aromatic rings. The molecule has 14 heavy (non-hydrogen) atoms. The largest absolute Gasteiger partial charge is 1.00 e. The predicted octanol–water partition coefficient (Wildman–Crippen LogP) is -0.943. The van der Waals surface area contributed by atoms with Gasteiger partial charge in [-0.1, -0.05) is 30.3 Å². The summed E-state index contributed by atoms with van der Waals surface area (Å²) >= 11 is 0. The fourth-order valence-electron chi connectivity index (χ4n) is 1.01. The Balaban J connectivity index is 0. The van der Waals surface area contributed by atoms with E-state index in [1.54, 1.807) is 0 Å².